The van der Waals surface area contributed by atoms with E-state index in [9.17, 15) is 14.9 Å². The average Bonchev–Trinajstić information content (AvgIpc) is 3.07. The van der Waals surface area contributed by atoms with Crippen LogP contribution in [0.4, 0.5) is 10.7 Å². The summed E-state index contributed by atoms with van der Waals surface area (Å²) >= 11 is 3.03. The summed E-state index contributed by atoms with van der Waals surface area (Å²) in [5.74, 6) is 0.361. The lowest BCUT2D eigenvalue weighted by Crippen LogP contribution is -2.26. The van der Waals surface area contributed by atoms with Gasteiger partial charge in [-0.15, -0.1) is 23.1 Å². The van der Waals surface area contributed by atoms with E-state index >= 15 is 0 Å². The molecule has 0 saturated heterocycles. The Balaban J connectivity index is 1.75. The highest BCUT2D eigenvalue weighted by molar-refractivity contribution is 8.00. The minimum absolute atomic E-state index is 0.0927. The molecule has 0 radical (unpaired) electrons. The van der Waals surface area contributed by atoms with Gasteiger partial charge in [-0.05, 0) is 60.8 Å². The minimum atomic E-state index is -0.296. The van der Waals surface area contributed by atoms with Crippen LogP contribution in [0.1, 0.15) is 63.5 Å². The second-order valence-corrected chi connectivity index (χ2v) is 11.7. The number of hydrogen-bond acceptors (Lipinski definition) is 5. The Morgan fingerprint density at radius 2 is 2.06 bits per heavy atom. The van der Waals surface area contributed by atoms with Gasteiger partial charge in [-0.2, -0.15) is 5.26 Å². The molecule has 7 heteroatoms. The molecule has 1 heterocycles. The van der Waals surface area contributed by atoms with Crippen molar-refractivity contribution >= 4 is 45.6 Å². The molecule has 1 aromatic carbocycles. The lowest BCUT2D eigenvalue weighted by atomic mass is 9.72. The molecule has 170 valence electrons. The maximum absolute atomic E-state index is 13.1. The van der Waals surface area contributed by atoms with Crippen molar-refractivity contribution in [1.29, 1.82) is 5.26 Å². The van der Waals surface area contributed by atoms with Crippen LogP contribution < -0.4 is 10.6 Å². The van der Waals surface area contributed by atoms with Crippen LogP contribution in [0.5, 0.6) is 0 Å². The fourth-order valence-corrected chi connectivity index (χ4v) is 6.35. The molecule has 1 aliphatic carbocycles. The zero-order valence-corrected chi connectivity index (χ0v) is 21.0. The van der Waals surface area contributed by atoms with Crippen molar-refractivity contribution in [3.63, 3.8) is 0 Å². The average molecular weight is 470 g/mol. The normalized spacial score (nSPS) is 16.6. The van der Waals surface area contributed by atoms with Crippen molar-refractivity contribution in [3.05, 3.63) is 40.3 Å². The van der Waals surface area contributed by atoms with Crippen LogP contribution in [-0.4, -0.2) is 17.1 Å². The molecule has 5 nitrogen and oxygen atoms in total. The first-order valence-corrected chi connectivity index (χ1v) is 12.7. The number of benzene rings is 1. The highest BCUT2D eigenvalue weighted by Gasteiger charge is 2.32. The first-order chi connectivity index (χ1) is 15.1. The molecule has 2 unspecified atom stereocenters. The predicted octanol–water partition coefficient (Wildman–Crippen LogP) is 6.24. The third kappa shape index (κ3) is 5.73. The molecule has 0 fully saturated rings. The number of amides is 2. The van der Waals surface area contributed by atoms with Crippen LogP contribution in [0.2, 0.25) is 0 Å². The highest BCUT2D eigenvalue weighted by Crippen LogP contribution is 2.44. The number of nitrogens with one attached hydrogen (secondary N) is 2. The Morgan fingerprint density at radius 1 is 1.31 bits per heavy atom. The molecule has 0 spiro atoms. The SMILES string of the molecule is CCC(Sc1cccc(NC(C)=O)c1)C(=O)Nc1sc2c(c1C#N)CCC(C(C)(C)C)C2. The van der Waals surface area contributed by atoms with Crippen LogP contribution in [-0.2, 0) is 22.4 Å². The van der Waals surface area contributed by atoms with Crippen LogP contribution in [0, 0.1) is 22.7 Å². The first-order valence-electron chi connectivity index (χ1n) is 11.0. The van der Waals surface area contributed by atoms with Gasteiger partial charge in [-0.1, -0.05) is 33.8 Å². The summed E-state index contributed by atoms with van der Waals surface area (Å²) in [6.45, 7) is 10.3. The van der Waals surface area contributed by atoms with Crippen LogP contribution >= 0.6 is 23.1 Å². The smallest absolute Gasteiger partial charge is 0.238 e. The van der Waals surface area contributed by atoms with Crippen molar-refractivity contribution in [2.45, 2.75) is 70.4 Å². The van der Waals surface area contributed by atoms with E-state index in [4.69, 9.17) is 0 Å². The Bertz CT molecular complexity index is 1050. The number of anilines is 2. The van der Waals surface area contributed by atoms with Crippen LogP contribution in [0.3, 0.4) is 0 Å². The topological polar surface area (TPSA) is 82.0 Å². The van der Waals surface area contributed by atoms with Crippen molar-refractivity contribution in [2.75, 3.05) is 10.6 Å². The fourth-order valence-electron chi connectivity index (χ4n) is 4.06. The second-order valence-electron chi connectivity index (χ2n) is 9.34. The van der Waals surface area contributed by atoms with E-state index in [1.54, 1.807) is 11.3 Å². The van der Waals surface area contributed by atoms with Crippen molar-refractivity contribution in [1.82, 2.24) is 0 Å². The lowest BCUT2D eigenvalue weighted by Gasteiger charge is -2.33. The molecule has 2 atom stereocenters. The molecule has 0 bridgehead atoms. The standard InChI is InChI=1S/C25H31N3O2S2/c1-6-21(31-18-9-7-8-17(13-18)27-15(2)29)23(30)28-24-20(14-26)19-11-10-16(25(3,4)5)12-22(19)32-24/h7-9,13,16,21H,6,10-12H2,1-5H3,(H,27,29)(H,28,30). The molecule has 2 aromatic rings. The van der Waals surface area contributed by atoms with Crippen LogP contribution in [0.25, 0.3) is 0 Å². The van der Waals surface area contributed by atoms with Crippen molar-refractivity contribution in [3.8, 4) is 6.07 Å². The van der Waals surface area contributed by atoms with E-state index in [1.807, 2.05) is 31.2 Å². The van der Waals surface area contributed by atoms with Gasteiger partial charge in [0.15, 0.2) is 0 Å². The summed E-state index contributed by atoms with van der Waals surface area (Å²) in [5, 5.41) is 16.0. The number of thiophene rings is 1. The van der Waals surface area contributed by atoms with Gasteiger partial charge >= 0.3 is 0 Å². The molecule has 1 aromatic heterocycles. The van der Waals surface area contributed by atoms with Crippen LogP contribution in [0.15, 0.2) is 29.2 Å². The number of rotatable bonds is 6. The van der Waals surface area contributed by atoms with Gasteiger partial charge in [0.25, 0.3) is 0 Å². The summed E-state index contributed by atoms with van der Waals surface area (Å²) in [4.78, 5) is 26.6. The second kappa shape index (κ2) is 10.1. The number of nitriles is 1. The number of hydrogen-bond donors (Lipinski definition) is 2. The van der Waals surface area contributed by atoms with E-state index in [1.165, 1.54) is 23.6 Å². The van der Waals surface area contributed by atoms with Gasteiger partial charge in [0.1, 0.15) is 11.1 Å². The zero-order valence-electron chi connectivity index (χ0n) is 19.4. The highest BCUT2D eigenvalue weighted by atomic mass is 32.2. The number of nitrogens with zero attached hydrogens (tertiary/aromatic N) is 1. The predicted molar refractivity (Wildman–Crippen MR) is 133 cm³/mol. The minimum Gasteiger partial charge on any atom is -0.326 e. The molecule has 2 amide bonds. The van der Waals surface area contributed by atoms with Crippen molar-refractivity contribution in [2.24, 2.45) is 11.3 Å². The van der Waals surface area contributed by atoms with Gasteiger partial charge in [0.05, 0.1) is 10.8 Å². The van der Waals surface area contributed by atoms with Gasteiger partial charge in [0.2, 0.25) is 11.8 Å². The summed E-state index contributed by atoms with van der Waals surface area (Å²) < 4.78 is 0. The Morgan fingerprint density at radius 3 is 2.69 bits per heavy atom. The molecule has 32 heavy (non-hydrogen) atoms. The Hall–Kier alpha value is -2.30. The van der Waals surface area contributed by atoms with E-state index in [0.717, 1.165) is 29.7 Å². The van der Waals surface area contributed by atoms with Gasteiger partial charge in [-0.25, -0.2) is 0 Å². The van der Waals surface area contributed by atoms with Crippen molar-refractivity contribution < 1.29 is 9.59 Å². The maximum Gasteiger partial charge on any atom is 0.238 e. The van der Waals surface area contributed by atoms with Gasteiger partial charge in [-0.3, -0.25) is 9.59 Å². The van der Waals surface area contributed by atoms with E-state index in [0.29, 0.717) is 28.6 Å². The number of fused-ring (bicyclic) bond motifs is 1. The molecule has 1 aliphatic rings. The number of carbonyl (C=O) groups is 2. The monoisotopic (exact) mass is 469 g/mol. The summed E-state index contributed by atoms with van der Waals surface area (Å²) in [5.41, 5.74) is 2.70. The molecular formula is C25H31N3O2S2. The number of carbonyl (C=O) groups excluding carboxylic acids is 2. The molecular weight excluding hydrogens is 438 g/mol. The fraction of sp³-hybridized carbons (Fsp3) is 0.480. The quantitative estimate of drug-likeness (QED) is 0.491. The number of thioether (sulfide) groups is 1. The first kappa shape index (κ1) is 24.3. The van der Waals surface area contributed by atoms with E-state index < -0.39 is 0 Å². The van der Waals surface area contributed by atoms with Gasteiger partial charge in [0, 0.05) is 22.4 Å². The van der Waals surface area contributed by atoms with Gasteiger partial charge < -0.3 is 10.6 Å². The summed E-state index contributed by atoms with van der Waals surface area (Å²) in [6, 6.07) is 9.84. The largest absolute Gasteiger partial charge is 0.326 e. The molecule has 3 rings (SSSR count). The summed E-state index contributed by atoms with van der Waals surface area (Å²) in [7, 11) is 0. The van der Waals surface area contributed by atoms with E-state index in [-0.39, 0.29) is 22.5 Å². The maximum atomic E-state index is 13.1. The zero-order chi connectivity index (χ0) is 23.5. The molecule has 2 N–H and O–H groups in total. The summed E-state index contributed by atoms with van der Waals surface area (Å²) in [6.07, 6.45) is 3.59. The van der Waals surface area contributed by atoms with E-state index in [2.05, 4.69) is 37.5 Å². The third-order valence-corrected chi connectivity index (χ3v) is 8.46. The Kier molecular flexibility index (Phi) is 7.68. The lowest BCUT2D eigenvalue weighted by molar-refractivity contribution is -0.116. The third-order valence-electron chi connectivity index (χ3n) is 5.93. The molecule has 0 aliphatic heterocycles. The Labute approximate surface area is 199 Å². The molecule has 0 saturated carbocycles.